The van der Waals surface area contributed by atoms with E-state index < -0.39 is 32.7 Å². The standard InChI is InChI=1S/C23H28N4O3S.C23H27N3O4S.C20H23N3O3.C19H20N4O3S.C18H21N3O3/c1-14-7-8-23(20(30)24-14)9-10-27(13-23)19(29)15-5-6-16-17(11-15)31-21(25-16)26-18(28)12-22(2,3)4;1-14-7-8-23(21(29)24-14)9-10-26(13-23)20(28)15-5-6-17-16(11-15)25-18(31-17)12-19(27)30-22(2,3)4;1-13-5-7-20(19(26)21-13)8-10-22(12-20)18(25)16-3-4-17-15(11-16)6-9-23(17)14(2)24;1-11-5-6-19(17(26)20-11)7-8-23(10-19)16(25)13-3-4-14-15(9-13)27-18(22-14)21-12(2)24;1-12-6-7-18(17(24)19-12)8-9-21(11-18)16(23)14-4-3-5-15(10-14)20-13(2)22/h5-6,11H,1,7-10,12-13H2,2-4H3,(H,24,30)(H,25,26,28);5-6,11H,1,7-10,12-13H2,2-4H3,(H,24,29);3-4,11H,1,5-10,12H2,2H3,(H,21,26);3-4,9H,1,5-8,10H2,2H3,(H,20,26)(H,21,22,24);3-5,10H,1,6-9,11H2,2H3,(H,19,24)(H,20,22). The van der Waals surface area contributed by atoms with E-state index in [0.29, 0.717) is 165 Å². The van der Waals surface area contributed by atoms with E-state index in [2.05, 4.69) is 90.4 Å². The monoisotopic (exact) mass is 1950 g/mol. The molecule has 139 heavy (non-hydrogen) atoms. The molecule has 5 atom stereocenters. The number of esters is 1. The Morgan fingerprint density at radius 2 is 0.763 bits per heavy atom. The van der Waals surface area contributed by atoms with Crippen molar-refractivity contribution in [3.05, 3.63) is 197 Å². The Labute approximate surface area is 818 Å². The second kappa shape index (κ2) is 40.2. The van der Waals surface area contributed by atoms with Crippen LogP contribution in [0.25, 0.3) is 30.6 Å². The summed E-state index contributed by atoms with van der Waals surface area (Å²) in [4.78, 5) is 209. The van der Waals surface area contributed by atoms with Crippen LogP contribution >= 0.6 is 34.0 Å². The van der Waals surface area contributed by atoms with Gasteiger partial charge < -0.3 is 76.7 Å². The highest BCUT2D eigenvalue weighted by Gasteiger charge is 2.53. The molecule has 0 aliphatic carbocycles. The van der Waals surface area contributed by atoms with E-state index in [1.807, 2.05) is 71.9 Å². The summed E-state index contributed by atoms with van der Waals surface area (Å²) in [6.45, 7) is 40.8. The second-order valence-electron chi connectivity index (χ2n) is 40.5. The highest BCUT2D eigenvalue weighted by molar-refractivity contribution is 7.22. The topological polar surface area (TPSA) is 420 Å². The van der Waals surface area contributed by atoms with Crippen molar-refractivity contribution in [1.29, 1.82) is 0 Å². The van der Waals surface area contributed by atoms with Gasteiger partial charge in [-0.25, -0.2) is 15.0 Å². The van der Waals surface area contributed by atoms with Crippen LogP contribution in [0.5, 0.6) is 0 Å². The van der Waals surface area contributed by atoms with Gasteiger partial charge in [-0.2, -0.15) is 0 Å². The first kappa shape index (κ1) is 100.0. The molecule has 0 radical (unpaired) electrons. The zero-order valence-corrected chi connectivity index (χ0v) is 82.5. The van der Waals surface area contributed by atoms with Crippen molar-refractivity contribution in [1.82, 2.24) is 66.0 Å². The lowest BCUT2D eigenvalue weighted by atomic mass is 9.78. The molecule has 5 spiro atoms. The molecule has 19 rings (SSSR count). The summed E-state index contributed by atoms with van der Waals surface area (Å²) in [5.74, 6) is -1.25. The minimum atomic E-state index is -0.539. The van der Waals surface area contributed by atoms with Crippen molar-refractivity contribution >= 4 is 175 Å². The Morgan fingerprint density at radius 3 is 1.14 bits per heavy atom. The number of fused-ring (bicyclic) bond motifs is 4. The number of hydrogen-bond donors (Lipinski definition) is 8. The molecule has 36 heteroatoms. The van der Waals surface area contributed by atoms with Gasteiger partial charge in [-0.05, 0) is 225 Å². The first-order chi connectivity index (χ1) is 65.7. The van der Waals surface area contributed by atoms with Crippen LogP contribution in [0.4, 0.5) is 21.6 Å². The minimum absolute atomic E-state index is 0.00453. The molecule has 8 N–H and O–H groups in total. The SMILES string of the molecule is C=C1CCC2(CCN(C(=O)c3ccc4c(c3)CCN4C(C)=O)C2)C(=O)N1.C=C1CCC2(CCN(C(=O)c3ccc4nc(NC(=O)CC(C)(C)C)sc4c3)C2)C(=O)N1.C=C1CCC2(CCN(C(=O)c3ccc4nc(NC(C)=O)sc4c3)C2)C(=O)N1.C=C1CCC2(CCN(C(=O)c3ccc4sc(CC(=O)OC(C)(C)C)nc4c3)C2)C(=O)N1.C=C1CCC2(CCN(C(=O)c3cccc(NC(C)=O)c3)C2)C(=O)N1. The summed E-state index contributed by atoms with van der Waals surface area (Å²) in [6, 6.07) is 28.5. The fourth-order valence-electron chi connectivity index (χ4n) is 19.9. The molecule has 11 aliphatic heterocycles. The molecular weight excluding hydrogens is 1830 g/mol. The van der Waals surface area contributed by atoms with Crippen LogP contribution in [-0.2, 0) is 65.5 Å². The van der Waals surface area contributed by atoms with Crippen molar-refractivity contribution < 1.29 is 76.7 Å². The van der Waals surface area contributed by atoms with E-state index in [4.69, 9.17) is 4.74 Å². The van der Waals surface area contributed by atoms with E-state index in [1.54, 1.807) is 103 Å². The van der Waals surface area contributed by atoms with Gasteiger partial charge in [0.2, 0.25) is 53.2 Å². The number of rotatable bonds is 11. The van der Waals surface area contributed by atoms with Crippen LogP contribution in [0.15, 0.2) is 158 Å². The van der Waals surface area contributed by atoms with Gasteiger partial charge in [-0.15, -0.1) is 11.3 Å². The summed E-state index contributed by atoms with van der Waals surface area (Å²) in [5, 5.41) is 24.1. The van der Waals surface area contributed by atoms with Crippen LogP contribution in [0.3, 0.4) is 0 Å². The third-order valence-corrected chi connectivity index (χ3v) is 30.4. The van der Waals surface area contributed by atoms with Crippen molar-refractivity contribution in [2.75, 3.05) is 92.8 Å². The van der Waals surface area contributed by atoms with Crippen LogP contribution in [0, 0.1) is 32.5 Å². The molecule has 5 unspecified atom stereocenters. The van der Waals surface area contributed by atoms with Gasteiger partial charge in [0.15, 0.2) is 10.3 Å². The summed E-state index contributed by atoms with van der Waals surface area (Å²) in [7, 11) is 0. The van der Waals surface area contributed by atoms with Gasteiger partial charge in [-0.3, -0.25) is 71.9 Å². The molecular formula is C103H119N17O16S3. The number of aromatic nitrogens is 3. The summed E-state index contributed by atoms with van der Waals surface area (Å²) >= 11 is 4.12. The third kappa shape index (κ3) is 22.8. The van der Waals surface area contributed by atoms with E-state index in [1.165, 1.54) is 47.9 Å². The molecule has 3 aromatic heterocycles. The third-order valence-electron chi connectivity index (χ3n) is 27.5. The number of piperidine rings is 5. The van der Waals surface area contributed by atoms with Crippen LogP contribution in [-0.4, -0.2) is 206 Å². The number of nitrogens with zero attached hydrogens (tertiary/aromatic N) is 9. The zero-order chi connectivity index (χ0) is 99.8. The van der Waals surface area contributed by atoms with Crippen molar-refractivity contribution in [3.8, 4) is 0 Å². The lowest BCUT2D eigenvalue weighted by Crippen LogP contribution is -2.46. The molecule has 730 valence electrons. The van der Waals surface area contributed by atoms with Crippen LogP contribution < -0.4 is 47.4 Å². The number of amides is 14. The van der Waals surface area contributed by atoms with Crippen LogP contribution in [0.1, 0.15) is 227 Å². The number of likely N-dealkylation sites (tertiary alicyclic amines) is 5. The van der Waals surface area contributed by atoms with Crippen molar-refractivity contribution in [2.45, 2.75) is 183 Å². The molecule has 14 heterocycles. The Kier molecular flexibility index (Phi) is 28.9. The molecule has 14 amide bonds. The summed E-state index contributed by atoms with van der Waals surface area (Å²) in [5.41, 5.74) is 8.17. The Morgan fingerprint density at radius 1 is 0.396 bits per heavy atom. The molecule has 11 aliphatic rings. The number of allylic oxidation sites excluding steroid dienone is 5. The van der Waals surface area contributed by atoms with Gasteiger partial charge in [0, 0.05) is 167 Å². The Balaban J connectivity index is 0.000000132. The average Bonchev–Trinajstić information content (AvgIpc) is 1.60. The maximum atomic E-state index is 13.1. The van der Waals surface area contributed by atoms with E-state index in [-0.39, 0.29) is 101 Å². The fourth-order valence-corrected chi connectivity index (χ4v) is 22.7. The predicted octanol–water partition coefficient (Wildman–Crippen LogP) is 13.6. The number of anilines is 4. The Bertz CT molecular complexity index is 6300. The number of nitrogens with one attached hydrogen (secondary N) is 8. The van der Waals surface area contributed by atoms with E-state index >= 15 is 0 Å². The molecule has 5 aromatic carbocycles. The number of hydrogen-bond acceptors (Lipinski definition) is 22. The first-order valence-corrected chi connectivity index (χ1v) is 49.4. The maximum Gasteiger partial charge on any atom is 0.313 e. The number of carbonyl (C=O) groups is 15. The molecule has 10 fully saturated rings. The van der Waals surface area contributed by atoms with Gasteiger partial charge in [0.05, 0.1) is 64.1 Å². The maximum absolute atomic E-state index is 13.1. The second-order valence-corrected chi connectivity index (χ2v) is 43.7. The normalized spacial score (nSPS) is 22.6. The minimum Gasteiger partial charge on any atom is -0.460 e. The number of carbonyl (C=O) groups excluding carboxylic acids is 15. The smallest absolute Gasteiger partial charge is 0.313 e. The highest BCUT2D eigenvalue weighted by atomic mass is 32.1. The lowest BCUT2D eigenvalue weighted by molar-refractivity contribution is -0.154. The van der Waals surface area contributed by atoms with Crippen LogP contribution in [0.2, 0.25) is 0 Å². The number of benzene rings is 5. The van der Waals surface area contributed by atoms with E-state index in [0.717, 1.165) is 135 Å². The zero-order valence-electron chi connectivity index (χ0n) is 80.1. The molecule has 0 bridgehead atoms. The molecule has 33 nitrogen and oxygen atoms in total. The van der Waals surface area contributed by atoms with Crippen molar-refractivity contribution in [2.24, 2.45) is 32.5 Å². The predicted molar refractivity (Wildman–Crippen MR) is 532 cm³/mol. The average molecular weight is 1950 g/mol. The summed E-state index contributed by atoms with van der Waals surface area (Å²) < 4.78 is 7.96. The highest BCUT2D eigenvalue weighted by Crippen LogP contribution is 2.47. The number of thiazole rings is 3. The first-order valence-electron chi connectivity index (χ1n) is 47.0. The largest absolute Gasteiger partial charge is 0.460 e. The van der Waals surface area contributed by atoms with Gasteiger partial charge in [0.1, 0.15) is 10.6 Å². The molecule has 10 saturated heterocycles. The molecule has 8 aromatic rings. The van der Waals surface area contributed by atoms with Gasteiger partial charge in [0.25, 0.3) is 29.5 Å². The van der Waals surface area contributed by atoms with E-state index in [9.17, 15) is 71.9 Å². The van der Waals surface area contributed by atoms with Gasteiger partial charge >= 0.3 is 5.97 Å². The quantitative estimate of drug-likeness (QED) is 0.0558. The lowest BCUT2D eigenvalue weighted by Gasteiger charge is -2.33. The summed E-state index contributed by atoms with van der Waals surface area (Å²) in [6.07, 6.45) is 12.1. The van der Waals surface area contributed by atoms with Gasteiger partial charge in [-0.1, -0.05) is 82.4 Å². The number of ether oxygens (including phenoxy) is 1. The van der Waals surface area contributed by atoms with Crippen molar-refractivity contribution in [3.63, 3.8) is 0 Å². The Hall–Kier alpha value is -13.5. The fraction of sp³-hybridized carbons (Fsp3) is 0.437. The molecule has 0 saturated carbocycles.